The Kier molecular flexibility index (Phi) is 5.33. The van der Waals surface area contributed by atoms with E-state index in [-0.39, 0.29) is 0 Å². The van der Waals surface area contributed by atoms with Crippen LogP contribution in [0.15, 0.2) is 24.5 Å². The second-order valence-corrected chi connectivity index (χ2v) is 4.09. The van der Waals surface area contributed by atoms with Gasteiger partial charge in [0.2, 0.25) is 0 Å². The predicted molar refractivity (Wildman–Crippen MR) is 64.7 cm³/mol. The van der Waals surface area contributed by atoms with E-state index < -0.39 is 0 Å². The highest BCUT2D eigenvalue weighted by Gasteiger charge is 2.07. The number of rotatable bonds is 6. The summed E-state index contributed by atoms with van der Waals surface area (Å²) in [6, 6.07) is 4.57. The summed E-state index contributed by atoms with van der Waals surface area (Å²) < 4.78 is 0. The van der Waals surface area contributed by atoms with Gasteiger partial charge in [0.1, 0.15) is 0 Å². The Hall–Kier alpha value is -0.890. The zero-order valence-corrected chi connectivity index (χ0v) is 10.0. The van der Waals surface area contributed by atoms with Crippen LogP contribution in [-0.4, -0.2) is 11.5 Å². The van der Waals surface area contributed by atoms with E-state index in [2.05, 4.69) is 43.2 Å². The van der Waals surface area contributed by atoms with E-state index in [1.54, 1.807) is 0 Å². The summed E-state index contributed by atoms with van der Waals surface area (Å²) >= 11 is 0. The Bertz CT molecular complexity index is 254. The fourth-order valence-electron chi connectivity index (χ4n) is 1.69. The summed E-state index contributed by atoms with van der Waals surface area (Å²) in [6.07, 6.45) is 6.22. The van der Waals surface area contributed by atoms with Gasteiger partial charge < -0.3 is 5.32 Å². The van der Waals surface area contributed by atoms with Gasteiger partial charge in [0.15, 0.2) is 0 Å². The molecule has 0 aliphatic carbocycles. The summed E-state index contributed by atoms with van der Waals surface area (Å²) in [5, 5.41) is 3.57. The van der Waals surface area contributed by atoms with Gasteiger partial charge in [0, 0.05) is 18.4 Å². The molecule has 1 aromatic rings. The minimum Gasteiger partial charge on any atom is -0.310 e. The highest BCUT2D eigenvalue weighted by Crippen LogP contribution is 2.12. The monoisotopic (exact) mass is 206 g/mol. The van der Waals surface area contributed by atoms with Crippen LogP contribution in [0.5, 0.6) is 0 Å². The summed E-state index contributed by atoms with van der Waals surface area (Å²) in [5.41, 5.74) is 1.32. The van der Waals surface area contributed by atoms with Crippen molar-refractivity contribution in [3.05, 3.63) is 30.1 Å². The predicted octanol–water partition coefficient (Wildman–Crippen LogP) is 3.17. The van der Waals surface area contributed by atoms with Gasteiger partial charge in [0.05, 0.1) is 0 Å². The highest BCUT2D eigenvalue weighted by molar-refractivity contribution is 5.13. The van der Waals surface area contributed by atoms with E-state index in [0.717, 1.165) is 12.5 Å². The molecule has 0 aliphatic heterocycles. The molecule has 0 amide bonds. The Labute approximate surface area is 93.1 Å². The van der Waals surface area contributed by atoms with Gasteiger partial charge in [-0.25, -0.2) is 0 Å². The van der Waals surface area contributed by atoms with E-state index in [9.17, 15) is 0 Å². The van der Waals surface area contributed by atoms with Gasteiger partial charge in [0.25, 0.3) is 0 Å². The van der Waals surface area contributed by atoms with Gasteiger partial charge in [-0.3, -0.25) is 4.98 Å². The third-order valence-electron chi connectivity index (χ3n) is 3.07. The minimum absolute atomic E-state index is 0.425. The molecule has 2 nitrogen and oxygen atoms in total. The molecule has 0 fully saturated rings. The summed E-state index contributed by atoms with van der Waals surface area (Å²) in [4.78, 5) is 4.03. The van der Waals surface area contributed by atoms with Crippen LogP contribution in [0, 0.1) is 5.92 Å². The second-order valence-electron chi connectivity index (χ2n) is 4.09. The summed E-state index contributed by atoms with van der Waals surface area (Å²) in [5.74, 6) is 0.800. The number of hydrogen-bond acceptors (Lipinski definition) is 2. The first-order chi connectivity index (χ1) is 7.27. The maximum absolute atomic E-state index is 4.03. The largest absolute Gasteiger partial charge is 0.310 e. The van der Waals surface area contributed by atoms with Crippen molar-refractivity contribution in [1.82, 2.24) is 10.3 Å². The first-order valence-electron chi connectivity index (χ1n) is 5.91. The van der Waals surface area contributed by atoms with Crippen molar-refractivity contribution >= 4 is 0 Å². The molecule has 0 saturated carbocycles. The molecule has 0 radical (unpaired) electrons. The number of hydrogen-bond donors (Lipinski definition) is 1. The molecule has 1 aromatic heterocycles. The van der Waals surface area contributed by atoms with Gasteiger partial charge >= 0.3 is 0 Å². The number of aromatic nitrogens is 1. The molecule has 0 aromatic carbocycles. The first kappa shape index (κ1) is 12.2. The normalized spacial score (nSPS) is 13.1. The topological polar surface area (TPSA) is 24.9 Å². The smallest absolute Gasteiger partial charge is 0.0293 e. The molecule has 1 atom stereocenters. The van der Waals surface area contributed by atoms with E-state index in [1.165, 1.54) is 18.4 Å². The summed E-state index contributed by atoms with van der Waals surface area (Å²) in [6.45, 7) is 7.83. The van der Waals surface area contributed by atoms with E-state index >= 15 is 0 Å². The van der Waals surface area contributed by atoms with Crippen LogP contribution in [0.2, 0.25) is 0 Å². The Morgan fingerprint density at radius 3 is 2.33 bits per heavy atom. The average Bonchev–Trinajstić information content (AvgIpc) is 2.31. The molecular formula is C13H22N2. The Balaban J connectivity index is 2.39. The molecule has 0 unspecified atom stereocenters. The zero-order chi connectivity index (χ0) is 11.1. The SMILES string of the molecule is CCC(CC)CN[C@H](C)c1ccncc1. The van der Waals surface area contributed by atoms with Crippen LogP contribution in [0.3, 0.4) is 0 Å². The lowest BCUT2D eigenvalue weighted by atomic mass is 10.0. The zero-order valence-electron chi connectivity index (χ0n) is 10.0. The fourth-order valence-corrected chi connectivity index (χ4v) is 1.69. The van der Waals surface area contributed by atoms with Crippen molar-refractivity contribution in [3.8, 4) is 0 Å². The quantitative estimate of drug-likeness (QED) is 0.773. The molecule has 1 N–H and O–H groups in total. The lowest BCUT2D eigenvalue weighted by Gasteiger charge is -2.18. The van der Waals surface area contributed by atoms with Crippen LogP contribution >= 0.6 is 0 Å². The molecule has 0 bridgehead atoms. The molecule has 0 saturated heterocycles. The molecule has 0 spiro atoms. The molecule has 0 aliphatic rings. The van der Waals surface area contributed by atoms with Crippen molar-refractivity contribution in [3.63, 3.8) is 0 Å². The molecular weight excluding hydrogens is 184 g/mol. The fraction of sp³-hybridized carbons (Fsp3) is 0.615. The van der Waals surface area contributed by atoms with Crippen LogP contribution in [0.4, 0.5) is 0 Å². The maximum Gasteiger partial charge on any atom is 0.0293 e. The van der Waals surface area contributed by atoms with Gasteiger partial charge in [-0.2, -0.15) is 0 Å². The van der Waals surface area contributed by atoms with Crippen molar-refractivity contribution in [2.75, 3.05) is 6.54 Å². The Morgan fingerprint density at radius 1 is 1.20 bits per heavy atom. The molecule has 1 heterocycles. The highest BCUT2D eigenvalue weighted by atomic mass is 14.9. The standard InChI is InChI=1S/C13H22N2/c1-4-12(5-2)10-15-11(3)13-6-8-14-9-7-13/h6-9,11-12,15H,4-5,10H2,1-3H3/t11-/m1/s1. The van der Waals surface area contributed by atoms with Crippen molar-refractivity contribution in [2.24, 2.45) is 5.92 Å². The molecule has 15 heavy (non-hydrogen) atoms. The van der Waals surface area contributed by atoms with Gasteiger partial charge in [-0.15, -0.1) is 0 Å². The first-order valence-corrected chi connectivity index (χ1v) is 5.91. The third-order valence-corrected chi connectivity index (χ3v) is 3.07. The van der Waals surface area contributed by atoms with Crippen LogP contribution in [0.1, 0.15) is 45.2 Å². The molecule has 1 rings (SSSR count). The third kappa shape index (κ3) is 4.00. The molecule has 2 heteroatoms. The van der Waals surface area contributed by atoms with Gasteiger partial charge in [-0.05, 0) is 37.1 Å². The van der Waals surface area contributed by atoms with Gasteiger partial charge in [-0.1, -0.05) is 26.7 Å². The number of pyridine rings is 1. The van der Waals surface area contributed by atoms with Crippen LogP contribution in [0.25, 0.3) is 0 Å². The van der Waals surface area contributed by atoms with E-state index in [0.29, 0.717) is 6.04 Å². The lowest BCUT2D eigenvalue weighted by molar-refractivity contribution is 0.422. The number of nitrogens with one attached hydrogen (secondary N) is 1. The maximum atomic E-state index is 4.03. The lowest BCUT2D eigenvalue weighted by Crippen LogP contribution is -2.25. The average molecular weight is 206 g/mol. The van der Waals surface area contributed by atoms with Crippen molar-refractivity contribution in [1.29, 1.82) is 0 Å². The van der Waals surface area contributed by atoms with Crippen LogP contribution < -0.4 is 5.32 Å². The van der Waals surface area contributed by atoms with Crippen LogP contribution in [-0.2, 0) is 0 Å². The second kappa shape index (κ2) is 6.57. The Morgan fingerprint density at radius 2 is 1.80 bits per heavy atom. The summed E-state index contributed by atoms with van der Waals surface area (Å²) in [7, 11) is 0. The van der Waals surface area contributed by atoms with E-state index in [1.807, 2.05) is 12.4 Å². The van der Waals surface area contributed by atoms with Crippen molar-refractivity contribution in [2.45, 2.75) is 39.7 Å². The van der Waals surface area contributed by atoms with Crippen molar-refractivity contribution < 1.29 is 0 Å². The van der Waals surface area contributed by atoms with E-state index in [4.69, 9.17) is 0 Å². The minimum atomic E-state index is 0.425. The number of nitrogens with zero attached hydrogens (tertiary/aromatic N) is 1. The molecule has 84 valence electrons.